The van der Waals surface area contributed by atoms with Crippen LogP contribution in [0.3, 0.4) is 0 Å². The number of likely N-dealkylation sites (tertiary alicyclic amines) is 1. The molecule has 2 nitrogen and oxygen atoms in total. The summed E-state index contributed by atoms with van der Waals surface area (Å²) in [5, 5.41) is 3.70. The highest BCUT2D eigenvalue weighted by atomic mass is 15.2. The molecule has 0 aliphatic carbocycles. The van der Waals surface area contributed by atoms with E-state index in [0.29, 0.717) is 6.04 Å². The van der Waals surface area contributed by atoms with Crippen molar-refractivity contribution in [2.24, 2.45) is 5.92 Å². The molecule has 1 aliphatic rings. The lowest BCUT2D eigenvalue weighted by atomic mass is 10.0. The van der Waals surface area contributed by atoms with Crippen molar-refractivity contribution >= 4 is 0 Å². The lowest BCUT2D eigenvalue weighted by molar-refractivity contribution is 0.365. The van der Waals surface area contributed by atoms with Crippen LogP contribution in [0.15, 0.2) is 0 Å². The second-order valence-corrected chi connectivity index (χ2v) is 4.95. The maximum absolute atomic E-state index is 3.70. The van der Waals surface area contributed by atoms with Crippen molar-refractivity contribution < 1.29 is 0 Å². The van der Waals surface area contributed by atoms with Crippen LogP contribution in [0, 0.1) is 5.92 Å². The summed E-state index contributed by atoms with van der Waals surface area (Å²) in [6, 6.07) is 1.41. The van der Waals surface area contributed by atoms with Crippen molar-refractivity contribution in [1.29, 1.82) is 0 Å². The first-order chi connectivity index (χ1) is 6.08. The summed E-state index contributed by atoms with van der Waals surface area (Å²) in [6.07, 6.45) is 2.61. The fourth-order valence-electron chi connectivity index (χ4n) is 2.25. The topological polar surface area (TPSA) is 15.3 Å². The highest BCUT2D eigenvalue weighted by molar-refractivity contribution is 4.81. The van der Waals surface area contributed by atoms with E-state index in [1.165, 1.54) is 25.9 Å². The monoisotopic (exact) mass is 184 g/mol. The Bertz CT molecular complexity index is 145. The zero-order valence-corrected chi connectivity index (χ0v) is 9.51. The zero-order valence-electron chi connectivity index (χ0n) is 9.51. The summed E-state index contributed by atoms with van der Waals surface area (Å²) in [5.41, 5.74) is 0. The third-order valence-corrected chi connectivity index (χ3v) is 2.74. The summed E-state index contributed by atoms with van der Waals surface area (Å²) >= 11 is 0. The molecule has 0 saturated carbocycles. The molecule has 2 atom stereocenters. The average Bonchev–Trinajstić information content (AvgIpc) is 2.33. The fraction of sp³-hybridized carbons (Fsp3) is 1.00. The van der Waals surface area contributed by atoms with Gasteiger partial charge in [0, 0.05) is 18.6 Å². The zero-order chi connectivity index (χ0) is 9.84. The van der Waals surface area contributed by atoms with Crippen LogP contribution in [0.4, 0.5) is 0 Å². The van der Waals surface area contributed by atoms with Gasteiger partial charge in [0.2, 0.25) is 0 Å². The van der Waals surface area contributed by atoms with Crippen LogP contribution >= 0.6 is 0 Å². The number of hydrogen-bond acceptors (Lipinski definition) is 2. The van der Waals surface area contributed by atoms with Gasteiger partial charge in [0.05, 0.1) is 0 Å². The van der Waals surface area contributed by atoms with Crippen LogP contribution in [0.2, 0.25) is 0 Å². The second-order valence-electron chi connectivity index (χ2n) is 4.95. The molecule has 1 aliphatic heterocycles. The Morgan fingerprint density at radius 3 is 2.54 bits per heavy atom. The van der Waals surface area contributed by atoms with E-state index in [2.05, 4.69) is 38.0 Å². The lowest BCUT2D eigenvalue weighted by Crippen LogP contribution is -2.38. The summed E-state index contributed by atoms with van der Waals surface area (Å²) in [5.74, 6) is 0.807. The minimum absolute atomic E-state index is 0.677. The molecule has 1 N–H and O–H groups in total. The summed E-state index contributed by atoms with van der Waals surface area (Å²) in [4.78, 5) is 2.40. The predicted molar refractivity (Wildman–Crippen MR) is 58.0 cm³/mol. The van der Waals surface area contributed by atoms with E-state index in [9.17, 15) is 0 Å². The Balaban J connectivity index is 2.16. The van der Waals surface area contributed by atoms with Gasteiger partial charge >= 0.3 is 0 Å². The Morgan fingerprint density at radius 1 is 1.38 bits per heavy atom. The molecule has 0 spiro atoms. The Hall–Kier alpha value is -0.0800. The molecule has 1 saturated heterocycles. The average molecular weight is 184 g/mol. The van der Waals surface area contributed by atoms with E-state index in [-0.39, 0.29) is 0 Å². The van der Waals surface area contributed by atoms with Crippen LogP contribution < -0.4 is 5.32 Å². The van der Waals surface area contributed by atoms with Gasteiger partial charge < -0.3 is 10.2 Å². The van der Waals surface area contributed by atoms with E-state index >= 15 is 0 Å². The molecule has 1 heterocycles. The van der Waals surface area contributed by atoms with E-state index in [0.717, 1.165) is 12.0 Å². The third-order valence-electron chi connectivity index (χ3n) is 2.74. The van der Waals surface area contributed by atoms with Gasteiger partial charge in [-0.2, -0.15) is 0 Å². The number of rotatable bonds is 4. The number of nitrogens with zero attached hydrogens (tertiary/aromatic N) is 1. The van der Waals surface area contributed by atoms with Gasteiger partial charge in [-0.15, -0.1) is 0 Å². The largest absolute Gasteiger partial charge is 0.310 e. The maximum atomic E-state index is 3.70. The van der Waals surface area contributed by atoms with Crippen LogP contribution in [-0.4, -0.2) is 37.1 Å². The van der Waals surface area contributed by atoms with Crippen LogP contribution in [-0.2, 0) is 0 Å². The summed E-state index contributed by atoms with van der Waals surface area (Å²) in [7, 11) is 2.20. The maximum Gasteiger partial charge on any atom is 0.0209 e. The molecular weight excluding hydrogens is 160 g/mol. The minimum Gasteiger partial charge on any atom is -0.310 e. The molecule has 13 heavy (non-hydrogen) atoms. The highest BCUT2D eigenvalue weighted by Gasteiger charge is 2.20. The van der Waals surface area contributed by atoms with Crippen LogP contribution in [0.1, 0.15) is 33.6 Å². The summed E-state index contributed by atoms with van der Waals surface area (Å²) in [6.45, 7) is 9.37. The third kappa shape index (κ3) is 4.10. The highest BCUT2D eigenvalue weighted by Crippen LogP contribution is 2.10. The van der Waals surface area contributed by atoms with Crippen LogP contribution in [0.25, 0.3) is 0 Å². The van der Waals surface area contributed by atoms with E-state index in [1.807, 2.05) is 0 Å². The SMILES string of the molecule is CC(C)C[C@H](C)N[C@@H]1CCN(C)C1. The molecule has 0 aromatic carbocycles. The Morgan fingerprint density at radius 2 is 2.08 bits per heavy atom. The predicted octanol–water partition coefficient (Wildman–Crippen LogP) is 1.71. The summed E-state index contributed by atoms with van der Waals surface area (Å²) < 4.78 is 0. The van der Waals surface area contributed by atoms with Gasteiger partial charge in [0.1, 0.15) is 0 Å². The van der Waals surface area contributed by atoms with Crippen LogP contribution in [0.5, 0.6) is 0 Å². The molecule has 78 valence electrons. The first-order valence-electron chi connectivity index (χ1n) is 5.52. The smallest absolute Gasteiger partial charge is 0.0209 e. The van der Waals surface area contributed by atoms with Crippen molar-refractivity contribution in [3.8, 4) is 0 Å². The first kappa shape index (κ1) is 11.0. The molecule has 0 radical (unpaired) electrons. The van der Waals surface area contributed by atoms with Gasteiger partial charge in [-0.05, 0) is 39.3 Å². The normalized spacial score (nSPS) is 27.0. The van der Waals surface area contributed by atoms with Crippen molar-refractivity contribution in [2.75, 3.05) is 20.1 Å². The van der Waals surface area contributed by atoms with E-state index in [1.54, 1.807) is 0 Å². The molecule has 1 fully saturated rings. The Kier molecular flexibility index (Phi) is 4.20. The van der Waals surface area contributed by atoms with E-state index in [4.69, 9.17) is 0 Å². The molecule has 0 unspecified atom stereocenters. The molecular formula is C11H24N2. The first-order valence-corrected chi connectivity index (χ1v) is 5.52. The Labute approximate surface area is 82.7 Å². The second kappa shape index (κ2) is 4.97. The van der Waals surface area contributed by atoms with Crippen molar-refractivity contribution in [2.45, 2.75) is 45.7 Å². The minimum atomic E-state index is 0.677. The molecule has 1 rings (SSSR count). The van der Waals surface area contributed by atoms with Gasteiger partial charge in [-0.1, -0.05) is 13.8 Å². The molecule has 0 bridgehead atoms. The van der Waals surface area contributed by atoms with Crippen molar-refractivity contribution in [3.63, 3.8) is 0 Å². The standard InChI is InChI=1S/C11H24N2/c1-9(2)7-10(3)12-11-5-6-13(4)8-11/h9-12H,5-8H2,1-4H3/t10-,11+/m0/s1. The lowest BCUT2D eigenvalue weighted by Gasteiger charge is -2.20. The molecule has 2 heteroatoms. The molecule has 0 amide bonds. The molecule has 0 aromatic heterocycles. The van der Waals surface area contributed by atoms with Gasteiger partial charge in [-0.3, -0.25) is 0 Å². The van der Waals surface area contributed by atoms with Gasteiger partial charge in [0.15, 0.2) is 0 Å². The number of nitrogens with one attached hydrogen (secondary N) is 1. The molecule has 0 aromatic rings. The fourth-order valence-corrected chi connectivity index (χ4v) is 2.25. The number of likely N-dealkylation sites (N-methyl/N-ethyl adjacent to an activating group) is 1. The van der Waals surface area contributed by atoms with Crippen molar-refractivity contribution in [3.05, 3.63) is 0 Å². The quantitative estimate of drug-likeness (QED) is 0.715. The van der Waals surface area contributed by atoms with Gasteiger partial charge in [-0.25, -0.2) is 0 Å². The van der Waals surface area contributed by atoms with Gasteiger partial charge in [0.25, 0.3) is 0 Å². The van der Waals surface area contributed by atoms with E-state index < -0.39 is 0 Å². The van der Waals surface area contributed by atoms with Crippen molar-refractivity contribution in [1.82, 2.24) is 10.2 Å². The number of hydrogen-bond donors (Lipinski definition) is 1.